The molecule has 5 nitrogen and oxygen atoms in total. The summed E-state index contributed by atoms with van der Waals surface area (Å²) in [5, 5.41) is 8.95. The van der Waals surface area contributed by atoms with Crippen LogP contribution in [0.25, 0.3) is 0 Å². The molecular formula is C14H20INO4S. The van der Waals surface area contributed by atoms with Crippen molar-refractivity contribution in [1.82, 2.24) is 4.72 Å². The van der Waals surface area contributed by atoms with E-state index >= 15 is 0 Å². The average Bonchev–Trinajstić information content (AvgIpc) is 2.25. The molecule has 1 aromatic carbocycles. The normalized spacial score (nSPS) is 13.9. The second-order valence-corrected chi connectivity index (χ2v) is 9.09. The van der Waals surface area contributed by atoms with Gasteiger partial charge in [0.2, 0.25) is 10.0 Å². The fourth-order valence-corrected chi connectivity index (χ4v) is 3.60. The molecule has 1 atom stereocenters. The van der Waals surface area contributed by atoms with E-state index in [4.69, 9.17) is 5.11 Å². The summed E-state index contributed by atoms with van der Waals surface area (Å²) in [6.07, 6.45) is 0.212. The number of rotatable bonds is 6. The monoisotopic (exact) mass is 425 g/mol. The van der Waals surface area contributed by atoms with E-state index in [1.165, 1.54) is 12.1 Å². The highest BCUT2D eigenvalue weighted by Crippen LogP contribution is 2.23. The SMILES string of the molecule is CC(C)(C)CC(CC(=O)O)NS(=O)(=O)c1ccc(I)cc1. The second kappa shape index (κ2) is 7.06. The molecule has 0 amide bonds. The van der Waals surface area contributed by atoms with Gasteiger partial charge in [0.25, 0.3) is 0 Å². The smallest absolute Gasteiger partial charge is 0.304 e. The first kappa shape index (κ1) is 18.4. The Morgan fingerprint density at radius 1 is 1.29 bits per heavy atom. The quantitative estimate of drug-likeness (QED) is 0.687. The number of halogens is 1. The minimum absolute atomic E-state index is 0.146. The van der Waals surface area contributed by atoms with Crippen molar-refractivity contribution in [2.45, 2.75) is 44.6 Å². The maximum Gasteiger partial charge on any atom is 0.304 e. The molecule has 1 unspecified atom stereocenters. The number of carboxylic acid groups (broad SMARTS) is 1. The summed E-state index contributed by atoms with van der Waals surface area (Å²) in [4.78, 5) is 11.1. The van der Waals surface area contributed by atoms with Crippen molar-refractivity contribution in [3.63, 3.8) is 0 Å². The number of sulfonamides is 1. The summed E-state index contributed by atoms with van der Waals surface area (Å²) >= 11 is 2.09. The van der Waals surface area contributed by atoms with Crippen molar-refractivity contribution in [3.8, 4) is 0 Å². The van der Waals surface area contributed by atoms with Crippen LogP contribution < -0.4 is 4.72 Å². The van der Waals surface area contributed by atoms with E-state index in [0.717, 1.165) is 3.57 Å². The minimum atomic E-state index is -3.71. The van der Waals surface area contributed by atoms with Gasteiger partial charge in [0.15, 0.2) is 0 Å². The van der Waals surface area contributed by atoms with Gasteiger partial charge in [-0.2, -0.15) is 0 Å². The third kappa shape index (κ3) is 6.75. The van der Waals surface area contributed by atoms with Gasteiger partial charge in [0.05, 0.1) is 11.3 Å². The Hall–Kier alpha value is -0.670. The van der Waals surface area contributed by atoms with Gasteiger partial charge in [-0.3, -0.25) is 4.79 Å². The van der Waals surface area contributed by atoms with E-state index in [1.54, 1.807) is 12.1 Å². The van der Waals surface area contributed by atoms with Crippen molar-refractivity contribution < 1.29 is 18.3 Å². The molecule has 0 radical (unpaired) electrons. The minimum Gasteiger partial charge on any atom is -0.481 e. The number of hydrogen-bond acceptors (Lipinski definition) is 3. The standard InChI is InChI=1S/C14H20INO4S/c1-14(2,3)9-11(8-13(17)18)16-21(19,20)12-6-4-10(15)5-7-12/h4-7,11,16H,8-9H2,1-3H3,(H,17,18). The van der Waals surface area contributed by atoms with Crippen LogP contribution in [0.15, 0.2) is 29.2 Å². The van der Waals surface area contributed by atoms with E-state index < -0.39 is 22.0 Å². The molecule has 0 aliphatic rings. The fraction of sp³-hybridized carbons (Fsp3) is 0.500. The van der Waals surface area contributed by atoms with Crippen LogP contribution in [0.1, 0.15) is 33.6 Å². The summed E-state index contributed by atoms with van der Waals surface area (Å²) in [6.45, 7) is 5.84. The first-order chi connectivity index (χ1) is 9.49. The predicted octanol–water partition coefficient (Wildman–Crippen LogP) is 2.85. The fourth-order valence-electron chi connectivity index (χ4n) is 2.01. The summed E-state index contributed by atoms with van der Waals surface area (Å²) in [5.41, 5.74) is -0.172. The van der Waals surface area contributed by atoms with Crippen LogP contribution in [0.4, 0.5) is 0 Å². The van der Waals surface area contributed by atoms with Crippen LogP contribution in [0, 0.1) is 8.99 Å². The maximum atomic E-state index is 12.3. The Kier molecular flexibility index (Phi) is 6.18. The lowest BCUT2D eigenvalue weighted by atomic mass is 9.87. The van der Waals surface area contributed by atoms with E-state index in [9.17, 15) is 13.2 Å². The lowest BCUT2D eigenvalue weighted by Gasteiger charge is -2.25. The molecule has 0 bridgehead atoms. The first-order valence-corrected chi connectivity index (χ1v) is 9.05. The Morgan fingerprint density at radius 2 is 1.81 bits per heavy atom. The highest BCUT2D eigenvalue weighted by molar-refractivity contribution is 14.1. The Morgan fingerprint density at radius 3 is 2.24 bits per heavy atom. The molecular weight excluding hydrogens is 405 g/mol. The number of hydrogen-bond donors (Lipinski definition) is 2. The Labute approximate surface area is 139 Å². The highest BCUT2D eigenvalue weighted by atomic mass is 127. The molecule has 0 aliphatic heterocycles. The van der Waals surface area contributed by atoms with Gasteiger partial charge in [-0.05, 0) is 58.7 Å². The van der Waals surface area contributed by atoms with Crippen molar-refractivity contribution in [3.05, 3.63) is 27.8 Å². The lowest BCUT2D eigenvalue weighted by Crippen LogP contribution is -2.39. The van der Waals surface area contributed by atoms with Crippen molar-refractivity contribution >= 4 is 38.6 Å². The van der Waals surface area contributed by atoms with Gasteiger partial charge >= 0.3 is 5.97 Å². The van der Waals surface area contributed by atoms with Crippen LogP contribution in [0.2, 0.25) is 0 Å². The second-order valence-electron chi connectivity index (χ2n) is 6.13. The van der Waals surface area contributed by atoms with Gasteiger partial charge < -0.3 is 5.11 Å². The molecule has 0 aromatic heterocycles. The predicted molar refractivity (Wildman–Crippen MR) is 89.6 cm³/mol. The van der Waals surface area contributed by atoms with Crippen LogP contribution in [-0.4, -0.2) is 25.5 Å². The zero-order valence-electron chi connectivity index (χ0n) is 12.3. The molecule has 0 fully saturated rings. The van der Waals surface area contributed by atoms with Gasteiger partial charge in [-0.1, -0.05) is 20.8 Å². The average molecular weight is 425 g/mol. The topological polar surface area (TPSA) is 83.5 Å². The van der Waals surface area contributed by atoms with E-state index in [2.05, 4.69) is 27.3 Å². The molecule has 0 saturated carbocycles. The largest absolute Gasteiger partial charge is 0.481 e. The number of aliphatic carboxylic acids is 1. The Balaban J connectivity index is 2.95. The molecule has 0 spiro atoms. The molecule has 2 N–H and O–H groups in total. The first-order valence-electron chi connectivity index (χ1n) is 6.49. The molecule has 21 heavy (non-hydrogen) atoms. The van der Waals surface area contributed by atoms with E-state index in [1.807, 2.05) is 20.8 Å². The van der Waals surface area contributed by atoms with Gasteiger partial charge in [0, 0.05) is 9.61 Å². The molecule has 118 valence electrons. The van der Waals surface area contributed by atoms with Crippen molar-refractivity contribution in [2.75, 3.05) is 0 Å². The molecule has 1 aromatic rings. The zero-order valence-corrected chi connectivity index (χ0v) is 15.2. The summed E-state index contributed by atoms with van der Waals surface area (Å²) in [7, 11) is -3.71. The van der Waals surface area contributed by atoms with Gasteiger partial charge in [-0.25, -0.2) is 13.1 Å². The molecule has 0 heterocycles. The molecule has 1 rings (SSSR count). The van der Waals surface area contributed by atoms with Gasteiger partial charge in [0.1, 0.15) is 0 Å². The number of carboxylic acids is 1. The summed E-state index contributed by atoms with van der Waals surface area (Å²) in [6, 6.07) is 5.79. The van der Waals surface area contributed by atoms with Crippen LogP contribution in [-0.2, 0) is 14.8 Å². The molecule has 7 heteroatoms. The van der Waals surface area contributed by atoms with E-state index in [0.29, 0.717) is 6.42 Å². The third-order valence-corrected chi connectivity index (χ3v) is 4.98. The summed E-state index contributed by atoms with van der Waals surface area (Å²) in [5.74, 6) is -1.02. The third-order valence-electron chi connectivity index (χ3n) is 2.73. The Bertz CT molecular complexity index is 590. The summed E-state index contributed by atoms with van der Waals surface area (Å²) < 4.78 is 28.1. The molecule has 0 aliphatic carbocycles. The van der Waals surface area contributed by atoms with E-state index in [-0.39, 0.29) is 16.7 Å². The number of carbonyl (C=O) groups is 1. The number of benzene rings is 1. The van der Waals surface area contributed by atoms with Crippen molar-refractivity contribution in [1.29, 1.82) is 0 Å². The molecule has 0 saturated heterocycles. The zero-order chi connectivity index (χ0) is 16.3. The lowest BCUT2D eigenvalue weighted by molar-refractivity contribution is -0.137. The van der Waals surface area contributed by atoms with Gasteiger partial charge in [-0.15, -0.1) is 0 Å². The van der Waals surface area contributed by atoms with Crippen LogP contribution in [0.5, 0.6) is 0 Å². The van der Waals surface area contributed by atoms with Crippen molar-refractivity contribution in [2.24, 2.45) is 5.41 Å². The van der Waals surface area contributed by atoms with Crippen LogP contribution in [0.3, 0.4) is 0 Å². The van der Waals surface area contributed by atoms with Crippen LogP contribution >= 0.6 is 22.6 Å². The number of nitrogens with one attached hydrogen (secondary N) is 1. The maximum absolute atomic E-state index is 12.3. The highest BCUT2D eigenvalue weighted by Gasteiger charge is 2.26.